The first-order chi connectivity index (χ1) is 12.6. The van der Waals surface area contributed by atoms with Crippen LogP contribution >= 0.6 is 0 Å². The standard InChI is InChI=1S/C17H23NO7S2/c1-2-24-16(19)13-3-5-15(6-4-13)27(22,23)18-14-7-9-25-17(11-14)8-10-26(20,21)12-17/h3-6,14,18H,2,7-12H2,1H3. The number of sulfonamides is 1. The minimum atomic E-state index is -3.80. The van der Waals surface area contributed by atoms with Crippen LogP contribution in [0.25, 0.3) is 0 Å². The lowest BCUT2D eigenvalue weighted by Gasteiger charge is -2.37. The van der Waals surface area contributed by atoms with Crippen molar-refractivity contribution in [2.45, 2.75) is 42.7 Å². The van der Waals surface area contributed by atoms with Crippen LogP contribution in [0.2, 0.25) is 0 Å². The summed E-state index contributed by atoms with van der Waals surface area (Å²) in [7, 11) is -6.93. The molecule has 0 aliphatic carbocycles. The van der Waals surface area contributed by atoms with E-state index in [4.69, 9.17) is 9.47 Å². The average Bonchev–Trinajstić information content (AvgIpc) is 2.89. The summed E-state index contributed by atoms with van der Waals surface area (Å²) in [5.74, 6) is -0.503. The molecule has 0 aromatic heterocycles. The van der Waals surface area contributed by atoms with Crippen molar-refractivity contribution in [1.82, 2.24) is 4.72 Å². The van der Waals surface area contributed by atoms with E-state index in [-0.39, 0.29) is 28.6 Å². The minimum absolute atomic E-state index is 0.0372. The average molecular weight is 418 g/mol. The maximum atomic E-state index is 12.7. The summed E-state index contributed by atoms with van der Waals surface area (Å²) in [6.07, 6.45) is 1.19. The van der Waals surface area contributed by atoms with Gasteiger partial charge in [-0.3, -0.25) is 0 Å². The molecule has 2 aliphatic rings. The molecule has 10 heteroatoms. The number of ether oxygens (including phenoxy) is 2. The zero-order chi connectivity index (χ0) is 19.7. The summed E-state index contributed by atoms with van der Waals surface area (Å²) >= 11 is 0. The summed E-state index contributed by atoms with van der Waals surface area (Å²) in [6.45, 7) is 2.24. The number of hydrogen-bond donors (Lipinski definition) is 1. The number of sulfone groups is 1. The van der Waals surface area contributed by atoms with Gasteiger partial charge >= 0.3 is 5.97 Å². The summed E-state index contributed by atoms with van der Waals surface area (Å²) < 4.78 is 62.1. The molecular weight excluding hydrogens is 394 g/mol. The van der Waals surface area contributed by atoms with Crippen molar-refractivity contribution in [3.63, 3.8) is 0 Å². The third kappa shape index (κ3) is 4.68. The van der Waals surface area contributed by atoms with Gasteiger partial charge in [-0.15, -0.1) is 0 Å². The smallest absolute Gasteiger partial charge is 0.338 e. The molecule has 2 unspecified atom stereocenters. The monoisotopic (exact) mass is 417 g/mol. The Morgan fingerprint density at radius 3 is 2.63 bits per heavy atom. The minimum Gasteiger partial charge on any atom is -0.462 e. The molecule has 1 aromatic carbocycles. The molecule has 8 nitrogen and oxygen atoms in total. The van der Waals surface area contributed by atoms with Gasteiger partial charge in [0.25, 0.3) is 0 Å². The van der Waals surface area contributed by atoms with E-state index in [9.17, 15) is 21.6 Å². The molecular formula is C17H23NO7S2. The highest BCUT2D eigenvalue weighted by Crippen LogP contribution is 2.36. The van der Waals surface area contributed by atoms with Crippen molar-refractivity contribution in [2.75, 3.05) is 24.7 Å². The number of carbonyl (C=O) groups is 1. The highest BCUT2D eigenvalue weighted by Gasteiger charge is 2.47. The van der Waals surface area contributed by atoms with Crippen LogP contribution in [0, 0.1) is 0 Å². The van der Waals surface area contributed by atoms with Crippen LogP contribution < -0.4 is 4.72 Å². The molecule has 2 fully saturated rings. The number of nitrogens with one attached hydrogen (secondary N) is 1. The van der Waals surface area contributed by atoms with E-state index in [1.165, 1.54) is 24.3 Å². The maximum Gasteiger partial charge on any atom is 0.338 e. The molecule has 2 saturated heterocycles. The molecule has 0 bridgehead atoms. The molecule has 2 atom stereocenters. The highest BCUT2D eigenvalue weighted by atomic mass is 32.2. The van der Waals surface area contributed by atoms with Gasteiger partial charge in [0, 0.05) is 12.6 Å². The van der Waals surface area contributed by atoms with E-state index in [1.54, 1.807) is 6.92 Å². The van der Waals surface area contributed by atoms with Gasteiger partial charge in [0.2, 0.25) is 10.0 Å². The van der Waals surface area contributed by atoms with Crippen molar-refractivity contribution in [1.29, 1.82) is 0 Å². The van der Waals surface area contributed by atoms with E-state index >= 15 is 0 Å². The molecule has 27 heavy (non-hydrogen) atoms. The quantitative estimate of drug-likeness (QED) is 0.707. The van der Waals surface area contributed by atoms with Crippen molar-refractivity contribution < 1.29 is 31.1 Å². The van der Waals surface area contributed by atoms with Crippen LogP contribution in [0.1, 0.15) is 36.5 Å². The second-order valence-corrected chi connectivity index (χ2v) is 10.8. The Morgan fingerprint density at radius 2 is 2.04 bits per heavy atom. The van der Waals surface area contributed by atoms with E-state index in [0.717, 1.165) is 0 Å². The molecule has 150 valence electrons. The van der Waals surface area contributed by atoms with Gasteiger partial charge in [-0.2, -0.15) is 0 Å². The fourth-order valence-electron chi connectivity index (χ4n) is 3.56. The Kier molecular flexibility index (Phi) is 5.62. The molecule has 3 rings (SSSR count). The predicted molar refractivity (Wildman–Crippen MR) is 97.7 cm³/mol. The molecule has 1 N–H and O–H groups in total. The molecule has 1 aromatic rings. The Bertz CT molecular complexity index is 909. The highest BCUT2D eigenvalue weighted by molar-refractivity contribution is 7.91. The molecule has 0 radical (unpaired) electrons. The Balaban J connectivity index is 1.70. The summed E-state index contributed by atoms with van der Waals surface area (Å²) in [6, 6.07) is 5.11. The van der Waals surface area contributed by atoms with Gasteiger partial charge in [0.1, 0.15) is 0 Å². The van der Waals surface area contributed by atoms with Gasteiger partial charge in [-0.25, -0.2) is 26.4 Å². The normalized spacial score (nSPS) is 27.5. The van der Waals surface area contributed by atoms with Gasteiger partial charge < -0.3 is 9.47 Å². The van der Waals surface area contributed by atoms with Crippen molar-refractivity contribution in [2.24, 2.45) is 0 Å². The Hall–Kier alpha value is -1.49. The predicted octanol–water partition coefficient (Wildman–Crippen LogP) is 0.878. The van der Waals surface area contributed by atoms with E-state index < -0.39 is 37.5 Å². The van der Waals surface area contributed by atoms with Gasteiger partial charge in [0.05, 0.1) is 34.2 Å². The van der Waals surface area contributed by atoms with Crippen molar-refractivity contribution >= 4 is 25.8 Å². The number of benzene rings is 1. The molecule has 2 heterocycles. The lowest BCUT2D eigenvalue weighted by atomic mass is 9.90. The number of esters is 1. The van der Waals surface area contributed by atoms with E-state index in [2.05, 4.69) is 4.72 Å². The molecule has 2 aliphatic heterocycles. The second kappa shape index (κ2) is 7.50. The van der Waals surface area contributed by atoms with Crippen LogP contribution in [0.4, 0.5) is 0 Å². The fraction of sp³-hybridized carbons (Fsp3) is 0.588. The van der Waals surface area contributed by atoms with Crippen LogP contribution in [0.5, 0.6) is 0 Å². The van der Waals surface area contributed by atoms with Crippen molar-refractivity contribution in [3.05, 3.63) is 29.8 Å². The zero-order valence-electron chi connectivity index (χ0n) is 15.0. The third-order valence-electron chi connectivity index (χ3n) is 4.84. The lowest BCUT2D eigenvalue weighted by molar-refractivity contribution is -0.0675. The summed E-state index contributed by atoms with van der Waals surface area (Å²) in [4.78, 5) is 11.7. The van der Waals surface area contributed by atoms with Gasteiger partial charge in [-0.1, -0.05) is 0 Å². The number of carbonyl (C=O) groups excluding carboxylic acids is 1. The van der Waals surface area contributed by atoms with E-state index in [0.29, 0.717) is 25.9 Å². The summed E-state index contributed by atoms with van der Waals surface area (Å²) in [5.41, 5.74) is -0.519. The fourth-order valence-corrected chi connectivity index (χ4v) is 6.81. The van der Waals surface area contributed by atoms with E-state index in [1.807, 2.05) is 0 Å². The van der Waals surface area contributed by atoms with Gasteiger partial charge in [-0.05, 0) is 50.5 Å². The molecule has 1 spiro atoms. The third-order valence-corrected chi connectivity index (χ3v) is 8.17. The zero-order valence-corrected chi connectivity index (χ0v) is 16.6. The first-order valence-electron chi connectivity index (χ1n) is 8.79. The first-order valence-corrected chi connectivity index (χ1v) is 12.1. The summed E-state index contributed by atoms with van der Waals surface area (Å²) in [5, 5.41) is 0. The first kappa shape index (κ1) is 20.2. The van der Waals surface area contributed by atoms with Crippen LogP contribution in [-0.2, 0) is 29.3 Å². The SMILES string of the molecule is CCOC(=O)c1ccc(S(=O)(=O)NC2CCOC3(CCS(=O)(=O)C3)C2)cc1. The lowest BCUT2D eigenvalue weighted by Crippen LogP contribution is -2.49. The number of hydrogen-bond acceptors (Lipinski definition) is 7. The second-order valence-electron chi connectivity index (χ2n) is 6.93. The topological polar surface area (TPSA) is 116 Å². The van der Waals surface area contributed by atoms with Crippen molar-refractivity contribution in [3.8, 4) is 0 Å². The van der Waals surface area contributed by atoms with Crippen LogP contribution in [-0.4, -0.2) is 59.2 Å². The molecule has 0 saturated carbocycles. The van der Waals surface area contributed by atoms with Gasteiger partial charge in [0.15, 0.2) is 9.84 Å². The van der Waals surface area contributed by atoms with Crippen LogP contribution in [0.3, 0.4) is 0 Å². The Labute approximate surface area is 159 Å². The Morgan fingerprint density at radius 1 is 1.33 bits per heavy atom. The number of rotatable bonds is 5. The largest absolute Gasteiger partial charge is 0.462 e. The molecule has 0 amide bonds. The maximum absolute atomic E-state index is 12.7. The van der Waals surface area contributed by atoms with Crippen LogP contribution in [0.15, 0.2) is 29.2 Å².